The lowest BCUT2D eigenvalue weighted by Crippen LogP contribution is -2.20. The number of carbonyl (C=O) groups excluding carboxylic acids is 1. The summed E-state index contributed by atoms with van der Waals surface area (Å²) in [4.78, 5) is 26.9. The number of nitrogens with zero attached hydrogens (tertiary/aromatic N) is 2. The molecular weight excluding hydrogens is 310 g/mol. The van der Waals surface area contributed by atoms with E-state index in [1.165, 1.54) is 7.11 Å². The number of hydrogen-bond acceptors (Lipinski definition) is 5. The SMILES string of the molecule is COC(=O)c1ccc2c(c1)[nH]c(=O)c1cnn(C3CCOCC3)c12. The molecule has 1 fully saturated rings. The van der Waals surface area contributed by atoms with E-state index in [2.05, 4.69) is 10.1 Å². The minimum Gasteiger partial charge on any atom is -0.465 e. The molecule has 2 aromatic heterocycles. The van der Waals surface area contributed by atoms with Crippen molar-refractivity contribution in [3.63, 3.8) is 0 Å². The lowest BCUT2D eigenvalue weighted by atomic mass is 10.1. The third-order valence-corrected chi connectivity index (χ3v) is 4.52. The molecule has 1 aromatic carbocycles. The van der Waals surface area contributed by atoms with Crippen LogP contribution in [0.4, 0.5) is 0 Å². The molecule has 7 heteroatoms. The van der Waals surface area contributed by atoms with Crippen LogP contribution < -0.4 is 5.56 Å². The zero-order valence-corrected chi connectivity index (χ0v) is 13.2. The van der Waals surface area contributed by atoms with E-state index in [-0.39, 0.29) is 11.6 Å². The fraction of sp³-hybridized carbons (Fsp3) is 0.353. The van der Waals surface area contributed by atoms with Crippen molar-refractivity contribution >= 4 is 27.8 Å². The number of carbonyl (C=O) groups is 1. The molecule has 0 unspecified atom stereocenters. The molecule has 0 aliphatic carbocycles. The fourth-order valence-electron chi connectivity index (χ4n) is 3.29. The maximum Gasteiger partial charge on any atom is 0.337 e. The molecule has 7 nitrogen and oxygen atoms in total. The number of benzene rings is 1. The summed E-state index contributed by atoms with van der Waals surface area (Å²) >= 11 is 0. The third-order valence-electron chi connectivity index (χ3n) is 4.52. The second-order valence-electron chi connectivity index (χ2n) is 5.90. The largest absolute Gasteiger partial charge is 0.465 e. The number of H-pyrrole nitrogens is 1. The Labute approximate surface area is 137 Å². The molecule has 0 spiro atoms. The number of esters is 1. The summed E-state index contributed by atoms with van der Waals surface area (Å²) in [6, 6.07) is 5.38. The van der Waals surface area contributed by atoms with Crippen LogP contribution in [0.5, 0.6) is 0 Å². The molecule has 4 rings (SSSR count). The summed E-state index contributed by atoms with van der Waals surface area (Å²) in [5.74, 6) is -0.434. The number of pyridine rings is 1. The van der Waals surface area contributed by atoms with Gasteiger partial charge in [0.05, 0.1) is 41.3 Å². The molecule has 1 aliphatic rings. The summed E-state index contributed by atoms with van der Waals surface area (Å²) in [5, 5.41) is 5.87. The highest BCUT2D eigenvalue weighted by Gasteiger charge is 2.21. The molecular formula is C17H17N3O4. The first-order valence-electron chi connectivity index (χ1n) is 7.88. The van der Waals surface area contributed by atoms with Crippen LogP contribution in [0, 0.1) is 0 Å². The Balaban J connectivity index is 1.96. The van der Waals surface area contributed by atoms with E-state index in [9.17, 15) is 9.59 Å². The Morgan fingerprint density at radius 3 is 2.88 bits per heavy atom. The fourth-order valence-corrected chi connectivity index (χ4v) is 3.29. The molecule has 0 atom stereocenters. The number of hydrogen-bond donors (Lipinski definition) is 1. The molecule has 24 heavy (non-hydrogen) atoms. The maximum atomic E-state index is 12.4. The normalized spacial score (nSPS) is 15.9. The van der Waals surface area contributed by atoms with Crippen LogP contribution in [0.25, 0.3) is 21.8 Å². The zero-order chi connectivity index (χ0) is 16.7. The van der Waals surface area contributed by atoms with Crippen LogP contribution >= 0.6 is 0 Å². The highest BCUT2D eigenvalue weighted by Crippen LogP contribution is 2.28. The lowest BCUT2D eigenvalue weighted by Gasteiger charge is -2.23. The van der Waals surface area contributed by atoms with Gasteiger partial charge >= 0.3 is 5.97 Å². The van der Waals surface area contributed by atoms with E-state index in [0.29, 0.717) is 29.7 Å². The van der Waals surface area contributed by atoms with Crippen LogP contribution in [0.3, 0.4) is 0 Å². The first kappa shape index (κ1) is 14.9. The molecule has 3 aromatic rings. The molecule has 1 saturated heterocycles. The maximum absolute atomic E-state index is 12.4. The second-order valence-corrected chi connectivity index (χ2v) is 5.90. The van der Waals surface area contributed by atoms with Gasteiger partial charge in [0.25, 0.3) is 5.56 Å². The standard InChI is InChI=1S/C17H17N3O4/c1-23-17(22)10-2-3-12-14(8-10)19-16(21)13-9-18-20(15(12)13)11-4-6-24-7-5-11/h2-3,8-9,11H,4-7H2,1H3,(H,19,21). The van der Waals surface area contributed by atoms with Crippen molar-refractivity contribution in [3.05, 3.63) is 40.3 Å². The topological polar surface area (TPSA) is 86.2 Å². The van der Waals surface area contributed by atoms with E-state index >= 15 is 0 Å². The van der Waals surface area contributed by atoms with Gasteiger partial charge in [-0.25, -0.2) is 4.79 Å². The second kappa shape index (κ2) is 5.76. The van der Waals surface area contributed by atoms with Gasteiger partial charge in [0.2, 0.25) is 0 Å². The highest BCUT2D eigenvalue weighted by atomic mass is 16.5. The van der Waals surface area contributed by atoms with Crippen LogP contribution in [0.2, 0.25) is 0 Å². The Morgan fingerprint density at radius 1 is 1.33 bits per heavy atom. The van der Waals surface area contributed by atoms with Gasteiger partial charge in [0, 0.05) is 18.6 Å². The van der Waals surface area contributed by atoms with Crippen LogP contribution in [0.1, 0.15) is 29.2 Å². The van der Waals surface area contributed by atoms with E-state index in [1.807, 2.05) is 10.7 Å². The first-order chi connectivity index (χ1) is 11.7. The summed E-state index contributed by atoms with van der Waals surface area (Å²) < 4.78 is 12.1. The first-order valence-corrected chi connectivity index (χ1v) is 7.88. The predicted molar refractivity (Wildman–Crippen MR) is 88.3 cm³/mol. The zero-order valence-electron chi connectivity index (χ0n) is 13.2. The van der Waals surface area contributed by atoms with E-state index in [1.54, 1.807) is 18.3 Å². The molecule has 1 N–H and O–H groups in total. The van der Waals surface area contributed by atoms with Crippen molar-refractivity contribution < 1.29 is 14.3 Å². The molecule has 0 bridgehead atoms. The molecule has 1 aliphatic heterocycles. The Hall–Kier alpha value is -2.67. The summed E-state index contributed by atoms with van der Waals surface area (Å²) in [5.41, 5.74) is 1.59. The van der Waals surface area contributed by atoms with Crippen LogP contribution in [0.15, 0.2) is 29.2 Å². The van der Waals surface area contributed by atoms with Crippen molar-refractivity contribution in [1.29, 1.82) is 0 Å². The lowest BCUT2D eigenvalue weighted by molar-refractivity contribution is 0.0600. The average Bonchev–Trinajstić information content (AvgIpc) is 3.07. The number of ether oxygens (including phenoxy) is 2. The highest BCUT2D eigenvalue weighted by molar-refractivity contribution is 6.05. The smallest absolute Gasteiger partial charge is 0.337 e. The number of methoxy groups -OCH3 is 1. The number of fused-ring (bicyclic) bond motifs is 3. The van der Waals surface area contributed by atoms with Gasteiger partial charge in [0.15, 0.2) is 0 Å². The number of aromatic nitrogens is 3. The Bertz CT molecular complexity index is 983. The van der Waals surface area contributed by atoms with Crippen molar-refractivity contribution in [2.45, 2.75) is 18.9 Å². The summed E-state index contributed by atoms with van der Waals surface area (Å²) in [6.07, 6.45) is 3.34. The number of rotatable bonds is 2. The van der Waals surface area contributed by atoms with Gasteiger partial charge in [-0.3, -0.25) is 9.48 Å². The summed E-state index contributed by atoms with van der Waals surface area (Å²) in [6.45, 7) is 1.39. The van der Waals surface area contributed by atoms with Crippen molar-refractivity contribution in [3.8, 4) is 0 Å². The molecule has 3 heterocycles. The van der Waals surface area contributed by atoms with Gasteiger partial charge in [-0.2, -0.15) is 5.10 Å². The quantitative estimate of drug-likeness (QED) is 0.728. The van der Waals surface area contributed by atoms with Crippen molar-refractivity contribution in [2.24, 2.45) is 0 Å². The van der Waals surface area contributed by atoms with E-state index in [0.717, 1.165) is 23.7 Å². The van der Waals surface area contributed by atoms with Gasteiger partial charge in [-0.15, -0.1) is 0 Å². The van der Waals surface area contributed by atoms with Crippen LogP contribution in [-0.2, 0) is 9.47 Å². The minimum absolute atomic E-state index is 0.210. The molecule has 0 amide bonds. The van der Waals surface area contributed by atoms with Crippen molar-refractivity contribution in [1.82, 2.24) is 14.8 Å². The third kappa shape index (κ3) is 2.28. The van der Waals surface area contributed by atoms with E-state index in [4.69, 9.17) is 9.47 Å². The predicted octanol–water partition coefficient (Wildman–Crippen LogP) is 2.02. The molecule has 0 saturated carbocycles. The molecule has 0 radical (unpaired) electrons. The Morgan fingerprint density at radius 2 is 2.12 bits per heavy atom. The summed E-state index contributed by atoms with van der Waals surface area (Å²) in [7, 11) is 1.33. The van der Waals surface area contributed by atoms with Crippen molar-refractivity contribution in [2.75, 3.05) is 20.3 Å². The number of aromatic amines is 1. The molecule has 124 valence electrons. The monoisotopic (exact) mass is 327 g/mol. The van der Waals surface area contributed by atoms with Gasteiger partial charge in [-0.05, 0) is 31.0 Å². The van der Waals surface area contributed by atoms with Crippen LogP contribution in [-0.4, -0.2) is 41.1 Å². The van der Waals surface area contributed by atoms with Gasteiger partial charge < -0.3 is 14.5 Å². The van der Waals surface area contributed by atoms with E-state index < -0.39 is 5.97 Å². The minimum atomic E-state index is -0.434. The number of nitrogens with one attached hydrogen (secondary N) is 1. The Kier molecular flexibility index (Phi) is 3.57. The van der Waals surface area contributed by atoms with Gasteiger partial charge in [0.1, 0.15) is 0 Å². The average molecular weight is 327 g/mol. The van der Waals surface area contributed by atoms with Gasteiger partial charge in [-0.1, -0.05) is 0 Å².